The van der Waals surface area contributed by atoms with Gasteiger partial charge in [-0.1, -0.05) is 167 Å². The number of carbonyl (C=O) groups excluding carboxylic acids is 2. The van der Waals surface area contributed by atoms with Crippen LogP contribution in [0.5, 0.6) is 5.75 Å². The average Bonchev–Trinajstić information content (AvgIpc) is 3.69. The maximum Gasteiger partial charge on any atom is 0.243 e. The summed E-state index contributed by atoms with van der Waals surface area (Å²) in [6, 6.07) is 41.1. The SMILES string of the molecule is CC(N)C(=O)N1CCC[C@H]1C(=O)NC1C=CC2=C(c3ccccc3CO[Si](C)(C)C(C)(C)C)c3ccc(NC(c4ccccc4)(c4ccc(C5CCCCCC5)cc4)c4ccccc4Cl)cc3OC2=C1. The first kappa shape index (κ1) is 49.3. The van der Waals surface area contributed by atoms with Crippen LogP contribution in [-0.2, 0) is 26.2 Å². The second-order valence-corrected chi connectivity index (χ2v) is 26.5. The van der Waals surface area contributed by atoms with Gasteiger partial charge < -0.3 is 30.4 Å². The molecule has 10 heteroatoms. The number of halogens is 1. The van der Waals surface area contributed by atoms with E-state index in [9.17, 15) is 9.59 Å². The van der Waals surface area contributed by atoms with E-state index in [1.807, 2.05) is 24.3 Å². The van der Waals surface area contributed by atoms with Crippen molar-refractivity contribution in [3.63, 3.8) is 0 Å². The van der Waals surface area contributed by atoms with Crippen LogP contribution in [0.1, 0.15) is 124 Å². The number of benzene rings is 5. The van der Waals surface area contributed by atoms with Crippen molar-refractivity contribution in [2.75, 3.05) is 11.9 Å². The first-order chi connectivity index (χ1) is 33.6. The summed E-state index contributed by atoms with van der Waals surface area (Å²) < 4.78 is 13.9. The zero-order chi connectivity index (χ0) is 49.2. The van der Waals surface area contributed by atoms with Crippen molar-refractivity contribution in [3.05, 3.63) is 195 Å². The number of carbonyl (C=O) groups is 2. The van der Waals surface area contributed by atoms with Crippen LogP contribution < -0.4 is 21.1 Å². The Morgan fingerprint density at radius 2 is 1.51 bits per heavy atom. The monoisotopic (exact) mass is 972 g/mol. The third kappa shape index (κ3) is 9.96. The standard InChI is InChI=1S/C60H69ClN4O4Si/c1-40(62)58(67)65-36-18-27-53(65)57(66)63-46-32-34-49-54(37-46)69-55-38-47(33-35-50(55)56(49)48-24-15-14-21-43(48)39-68-70(5,6)59(2,3)4)64-60(44-22-12-9-13-23-44,51-25-16-17-26-52(51)61)45-30-28-42(29-31-45)41-19-10-7-8-11-20-41/h9,12-17,21-26,28-35,37-38,40-41,46,53,64H,7-8,10-11,18-20,27,36,39,62H2,1-6H3,(H,63,66)/t40?,46?,53-,60?/m0/s1. The molecule has 1 saturated carbocycles. The third-order valence-electron chi connectivity index (χ3n) is 15.5. The Morgan fingerprint density at radius 3 is 2.23 bits per heavy atom. The second kappa shape index (κ2) is 20.6. The van der Waals surface area contributed by atoms with Crippen molar-refractivity contribution in [2.45, 2.75) is 133 Å². The summed E-state index contributed by atoms with van der Waals surface area (Å²) in [7, 11) is -2.11. The van der Waals surface area contributed by atoms with Crippen molar-refractivity contribution >= 4 is 43.0 Å². The number of hydrogen-bond acceptors (Lipinski definition) is 6. The minimum absolute atomic E-state index is 0.0428. The number of rotatable bonds is 13. The molecule has 0 spiro atoms. The van der Waals surface area contributed by atoms with Crippen molar-refractivity contribution in [1.29, 1.82) is 0 Å². The van der Waals surface area contributed by atoms with E-state index >= 15 is 0 Å². The average molecular weight is 974 g/mol. The number of fused-ring (bicyclic) bond motifs is 2. The van der Waals surface area contributed by atoms with Gasteiger partial charge in [-0.15, -0.1) is 0 Å². The normalized spacial score (nSPS) is 19.8. The van der Waals surface area contributed by atoms with Gasteiger partial charge in [0.05, 0.1) is 18.7 Å². The van der Waals surface area contributed by atoms with Gasteiger partial charge in [-0.05, 0) is 109 Å². The first-order valence-corrected chi connectivity index (χ1v) is 28.7. The molecule has 9 rings (SSSR count). The topological polar surface area (TPSA) is 106 Å². The van der Waals surface area contributed by atoms with Crippen LogP contribution in [0.3, 0.4) is 0 Å². The lowest BCUT2D eigenvalue weighted by Crippen LogP contribution is -2.51. The van der Waals surface area contributed by atoms with Gasteiger partial charge in [0, 0.05) is 45.6 Å². The molecule has 2 aliphatic heterocycles. The molecule has 2 aliphatic carbocycles. The number of hydrogen-bond donors (Lipinski definition) is 3. The smallest absolute Gasteiger partial charge is 0.243 e. The highest BCUT2D eigenvalue weighted by Crippen LogP contribution is 2.49. The van der Waals surface area contributed by atoms with Gasteiger partial charge in [-0.3, -0.25) is 9.59 Å². The molecular weight excluding hydrogens is 904 g/mol. The molecule has 5 aromatic rings. The van der Waals surface area contributed by atoms with E-state index in [0.717, 1.165) is 56.6 Å². The Bertz CT molecular complexity index is 2810. The zero-order valence-electron chi connectivity index (χ0n) is 41.7. The molecule has 1 saturated heterocycles. The van der Waals surface area contributed by atoms with Gasteiger partial charge in [-0.25, -0.2) is 0 Å². The molecule has 4 N–H and O–H groups in total. The Kier molecular flexibility index (Phi) is 14.5. The Labute approximate surface area is 421 Å². The number of amides is 2. The highest BCUT2D eigenvalue weighted by molar-refractivity contribution is 6.74. The van der Waals surface area contributed by atoms with Crippen molar-refractivity contribution < 1.29 is 18.8 Å². The third-order valence-corrected chi connectivity index (χ3v) is 20.3. The first-order valence-electron chi connectivity index (χ1n) is 25.4. The van der Waals surface area contributed by atoms with Crippen LogP contribution in [0.2, 0.25) is 23.2 Å². The van der Waals surface area contributed by atoms with Crippen LogP contribution in [0.25, 0.3) is 5.57 Å². The molecule has 8 nitrogen and oxygen atoms in total. The predicted octanol–water partition coefficient (Wildman–Crippen LogP) is 13.2. The van der Waals surface area contributed by atoms with Crippen LogP contribution in [0.15, 0.2) is 151 Å². The number of allylic oxidation sites excluding steroid dienone is 1. The van der Waals surface area contributed by atoms with Crippen molar-refractivity contribution in [2.24, 2.45) is 5.73 Å². The van der Waals surface area contributed by atoms with E-state index in [1.54, 1.807) is 11.8 Å². The Balaban J connectivity index is 1.15. The predicted molar refractivity (Wildman–Crippen MR) is 287 cm³/mol. The Hall–Kier alpha value is -5.71. The summed E-state index contributed by atoms with van der Waals surface area (Å²) in [6.45, 7) is 14.0. The molecule has 2 fully saturated rings. The van der Waals surface area contributed by atoms with E-state index in [1.165, 1.54) is 44.1 Å². The summed E-state index contributed by atoms with van der Waals surface area (Å²) in [4.78, 5) is 28.6. The van der Waals surface area contributed by atoms with Gasteiger partial charge >= 0.3 is 0 Å². The summed E-state index contributed by atoms with van der Waals surface area (Å²) in [5.41, 5.74) is 15.4. The van der Waals surface area contributed by atoms with E-state index < -0.39 is 32.0 Å². The fraction of sp³-hybridized carbons (Fsp3) is 0.367. The minimum atomic E-state index is -2.11. The molecule has 2 heterocycles. The number of ether oxygens (including phenoxy) is 1. The lowest BCUT2D eigenvalue weighted by atomic mass is 9.76. The van der Waals surface area contributed by atoms with Gasteiger partial charge in [0.2, 0.25) is 11.8 Å². The molecule has 364 valence electrons. The van der Waals surface area contributed by atoms with E-state index in [4.69, 9.17) is 26.5 Å². The highest BCUT2D eigenvalue weighted by atomic mass is 35.5. The zero-order valence-corrected chi connectivity index (χ0v) is 43.5. The van der Waals surface area contributed by atoms with Crippen LogP contribution in [0, 0.1) is 0 Å². The quantitative estimate of drug-likeness (QED) is 0.0617. The number of nitrogens with zero attached hydrogens (tertiary/aromatic N) is 1. The molecule has 2 amide bonds. The van der Waals surface area contributed by atoms with Crippen molar-refractivity contribution in [1.82, 2.24) is 10.2 Å². The van der Waals surface area contributed by atoms with Crippen molar-refractivity contribution in [3.8, 4) is 5.75 Å². The summed E-state index contributed by atoms with van der Waals surface area (Å²) in [5, 5.41) is 8.00. The summed E-state index contributed by atoms with van der Waals surface area (Å²) in [6.07, 6.45) is 15.0. The molecule has 4 atom stereocenters. The maximum atomic E-state index is 13.9. The van der Waals surface area contributed by atoms with Crippen LogP contribution in [0.4, 0.5) is 5.69 Å². The summed E-state index contributed by atoms with van der Waals surface area (Å²) in [5.74, 6) is 1.45. The van der Waals surface area contributed by atoms with E-state index in [0.29, 0.717) is 42.0 Å². The second-order valence-electron chi connectivity index (χ2n) is 21.2. The van der Waals surface area contributed by atoms with Gasteiger partial charge in [-0.2, -0.15) is 0 Å². The van der Waals surface area contributed by atoms with Gasteiger partial charge in [0.1, 0.15) is 23.1 Å². The molecule has 0 radical (unpaired) electrons. The molecule has 5 aromatic carbocycles. The molecular formula is C60H69ClN4O4Si. The Morgan fingerprint density at radius 1 is 0.829 bits per heavy atom. The summed E-state index contributed by atoms with van der Waals surface area (Å²) >= 11 is 7.30. The van der Waals surface area contributed by atoms with Crippen LogP contribution in [-0.4, -0.2) is 49.7 Å². The molecule has 0 aromatic heterocycles. The number of nitrogens with two attached hydrogens (primary N) is 1. The number of nitrogens with one attached hydrogen (secondary N) is 2. The number of likely N-dealkylation sites (tertiary alicyclic amines) is 1. The van der Waals surface area contributed by atoms with Gasteiger partial charge in [0.25, 0.3) is 0 Å². The number of anilines is 1. The fourth-order valence-electron chi connectivity index (χ4n) is 10.6. The van der Waals surface area contributed by atoms with Gasteiger partial charge in [0.15, 0.2) is 8.32 Å². The lowest BCUT2D eigenvalue weighted by Gasteiger charge is -2.39. The molecule has 0 bridgehead atoms. The maximum absolute atomic E-state index is 13.9. The van der Waals surface area contributed by atoms with E-state index in [2.05, 4.69) is 160 Å². The molecule has 3 unspecified atom stereocenters. The van der Waals surface area contributed by atoms with E-state index in [-0.39, 0.29) is 16.9 Å². The minimum Gasteiger partial charge on any atom is -0.456 e. The fourth-order valence-corrected chi connectivity index (χ4v) is 11.8. The highest BCUT2D eigenvalue weighted by Gasteiger charge is 2.41. The lowest BCUT2D eigenvalue weighted by molar-refractivity contribution is -0.139. The van der Waals surface area contributed by atoms with Crippen LogP contribution >= 0.6 is 11.6 Å². The molecule has 70 heavy (non-hydrogen) atoms. The largest absolute Gasteiger partial charge is 0.456 e. The molecule has 4 aliphatic rings.